The van der Waals surface area contributed by atoms with Gasteiger partial charge in [-0.15, -0.1) is 20.4 Å². The van der Waals surface area contributed by atoms with E-state index >= 15 is 0 Å². The van der Waals surface area contributed by atoms with Crippen LogP contribution in [0.4, 0.5) is 5.69 Å². The third kappa shape index (κ3) is 1.94. The van der Waals surface area contributed by atoms with Gasteiger partial charge in [-0.25, -0.2) is 0 Å². The van der Waals surface area contributed by atoms with E-state index in [1.807, 2.05) is 13.8 Å². The quantitative estimate of drug-likeness (QED) is 0.774. The molecule has 22 heavy (non-hydrogen) atoms. The van der Waals surface area contributed by atoms with E-state index in [1.54, 1.807) is 10.8 Å². The average molecular weight is 298 g/mol. The lowest BCUT2D eigenvalue weighted by molar-refractivity contribution is 0.527. The van der Waals surface area contributed by atoms with E-state index in [0.29, 0.717) is 5.92 Å². The summed E-state index contributed by atoms with van der Waals surface area (Å²) in [5.41, 5.74) is 3.89. The third-order valence-electron chi connectivity index (χ3n) is 4.42. The van der Waals surface area contributed by atoms with Crippen LogP contribution < -0.4 is 5.32 Å². The van der Waals surface area contributed by atoms with Crippen LogP contribution in [0, 0.1) is 26.7 Å². The lowest BCUT2D eigenvalue weighted by Gasteiger charge is -2.15. The minimum Gasteiger partial charge on any atom is -0.381 e. The molecule has 0 saturated carbocycles. The Kier molecular flexibility index (Phi) is 2.85. The summed E-state index contributed by atoms with van der Waals surface area (Å²) in [6, 6.07) is 0. The van der Waals surface area contributed by atoms with Crippen molar-refractivity contribution < 1.29 is 0 Å². The van der Waals surface area contributed by atoms with E-state index in [2.05, 4.69) is 42.3 Å². The maximum absolute atomic E-state index is 4.44. The van der Waals surface area contributed by atoms with Crippen molar-refractivity contribution in [2.75, 3.05) is 11.9 Å². The molecule has 3 aromatic rings. The van der Waals surface area contributed by atoms with Crippen molar-refractivity contribution in [3.8, 4) is 0 Å². The van der Waals surface area contributed by atoms with Crippen molar-refractivity contribution in [3.63, 3.8) is 0 Å². The second-order valence-electron chi connectivity index (χ2n) is 5.91. The highest BCUT2D eigenvalue weighted by atomic mass is 15.3. The zero-order valence-corrected chi connectivity index (χ0v) is 12.9. The molecule has 4 heterocycles. The highest BCUT2D eigenvalue weighted by molar-refractivity contribution is 5.71. The Labute approximate surface area is 127 Å². The van der Waals surface area contributed by atoms with Gasteiger partial charge in [-0.05, 0) is 26.3 Å². The van der Waals surface area contributed by atoms with Gasteiger partial charge >= 0.3 is 0 Å². The second-order valence-corrected chi connectivity index (χ2v) is 5.91. The zero-order chi connectivity index (χ0) is 15.3. The molecule has 1 unspecified atom stereocenters. The Hall–Kier alpha value is -2.51. The van der Waals surface area contributed by atoms with Gasteiger partial charge in [0, 0.05) is 25.4 Å². The molecule has 1 atom stereocenters. The van der Waals surface area contributed by atoms with Crippen LogP contribution in [-0.4, -0.2) is 41.1 Å². The SMILES string of the molecule is Cc1nn2cnnc2c(NCC2Cc3nnc(C)n3C2)c1C. The second kappa shape index (κ2) is 4.75. The average Bonchev–Trinajstić information content (AvgIpc) is 3.18. The van der Waals surface area contributed by atoms with Crippen LogP contribution in [0.25, 0.3) is 5.65 Å². The molecule has 0 saturated heterocycles. The summed E-state index contributed by atoms with van der Waals surface area (Å²) in [5.74, 6) is 2.59. The lowest BCUT2D eigenvalue weighted by Crippen LogP contribution is -2.18. The summed E-state index contributed by atoms with van der Waals surface area (Å²) < 4.78 is 3.92. The monoisotopic (exact) mass is 298 g/mol. The zero-order valence-electron chi connectivity index (χ0n) is 12.9. The van der Waals surface area contributed by atoms with Crippen LogP contribution in [0.5, 0.6) is 0 Å². The molecule has 1 N–H and O–H groups in total. The topological polar surface area (TPSA) is 85.8 Å². The fourth-order valence-corrected chi connectivity index (χ4v) is 3.04. The van der Waals surface area contributed by atoms with Gasteiger partial charge in [-0.3, -0.25) is 0 Å². The molecule has 0 spiro atoms. The first-order valence-corrected chi connectivity index (χ1v) is 7.43. The molecule has 0 fully saturated rings. The van der Waals surface area contributed by atoms with E-state index in [-0.39, 0.29) is 0 Å². The molecule has 3 aromatic heterocycles. The van der Waals surface area contributed by atoms with E-state index in [1.165, 1.54) is 0 Å². The Morgan fingerprint density at radius 2 is 2.09 bits per heavy atom. The molecule has 0 aliphatic carbocycles. The van der Waals surface area contributed by atoms with Crippen molar-refractivity contribution in [1.29, 1.82) is 0 Å². The molecular formula is C14H18N8. The predicted molar refractivity (Wildman–Crippen MR) is 80.7 cm³/mol. The summed E-state index contributed by atoms with van der Waals surface area (Å²) in [6.07, 6.45) is 2.59. The first-order chi connectivity index (χ1) is 10.6. The molecule has 0 radical (unpaired) electrons. The van der Waals surface area contributed by atoms with Gasteiger partial charge in [-0.2, -0.15) is 9.61 Å². The van der Waals surface area contributed by atoms with Crippen molar-refractivity contribution in [2.24, 2.45) is 5.92 Å². The van der Waals surface area contributed by atoms with Crippen molar-refractivity contribution >= 4 is 11.3 Å². The van der Waals surface area contributed by atoms with Crippen LogP contribution in [0.1, 0.15) is 22.9 Å². The molecule has 0 amide bonds. The van der Waals surface area contributed by atoms with Gasteiger partial charge < -0.3 is 9.88 Å². The van der Waals surface area contributed by atoms with E-state index in [9.17, 15) is 0 Å². The van der Waals surface area contributed by atoms with Crippen LogP contribution in [0.2, 0.25) is 0 Å². The van der Waals surface area contributed by atoms with Gasteiger partial charge in [0.05, 0.1) is 11.4 Å². The number of aromatic nitrogens is 7. The number of hydrogen-bond acceptors (Lipinski definition) is 6. The highest BCUT2D eigenvalue weighted by Gasteiger charge is 2.25. The molecule has 114 valence electrons. The van der Waals surface area contributed by atoms with Gasteiger partial charge in [-0.1, -0.05) is 0 Å². The third-order valence-corrected chi connectivity index (χ3v) is 4.42. The Balaban J connectivity index is 1.55. The van der Waals surface area contributed by atoms with E-state index in [4.69, 9.17) is 0 Å². The summed E-state index contributed by atoms with van der Waals surface area (Å²) >= 11 is 0. The molecule has 0 aromatic carbocycles. The number of aryl methyl sites for hydroxylation is 2. The molecular weight excluding hydrogens is 280 g/mol. The number of nitrogens with zero attached hydrogens (tertiary/aromatic N) is 7. The summed E-state index contributed by atoms with van der Waals surface area (Å²) in [4.78, 5) is 0. The minimum absolute atomic E-state index is 0.514. The van der Waals surface area contributed by atoms with Gasteiger partial charge in [0.1, 0.15) is 18.0 Å². The summed E-state index contributed by atoms with van der Waals surface area (Å²) in [5, 5.41) is 24.4. The maximum atomic E-state index is 4.44. The Morgan fingerprint density at radius 1 is 1.23 bits per heavy atom. The highest BCUT2D eigenvalue weighted by Crippen LogP contribution is 2.24. The van der Waals surface area contributed by atoms with Gasteiger partial charge in [0.2, 0.25) is 5.65 Å². The number of nitrogens with one attached hydrogen (secondary N) is 1. The fourth-order valence-electron chi connectivity index (χ4n) is 3.04. The summed E-state index contributed by atoms with van der Waals surface area (Å²) in [6.45, 7) is 7.90. The first kappa shape index (κ1) is 13.2. The molecule has 4 rings (SSSR count). The molecule has 8 nitrogen and oxygen atoms in total. The lowest BCUT2D eigenvalue weighted by atomic mass is 10.1. The van der Waals surface area contributed by atoms with Gasteiger partial charge in [0.25, 0.3) is 0 Å². The molecule has 1 aliphatic rings. The van der Waals surface area contributed by atoms with Crippen molar-refractivity contribution in [3.05, 3.63) is 29.2 Å². The van der Waals surface area contributed by atoms with E-state index < -0.39 is 0 Å². The molecule has 8 heteroatoms. The molecule has 1 aliphatic heterocycles. The summed E-state index contributed by atoms with van der Waals surface area (Å²) in [7, 11) is 0. The standard InChI is InChI=1S/C14H18N8/c1-8-9(2)20-22-7-16-19-14(22)13(8)15-5-11-4-12-18-17-10(3)21(12)6-11/h7,11,15H,4-6H2,1-3H3. The number of rotatable bonds is 3. The number of anilines is 1. The number of fused-ring (bicyclic) bond motifs is 2. The van der Waals surface area contributed by atoms with Crippen molar-refractivity contribution in [1.82, 2.24) is 34.6 Å². The number of hydrogen-bond donors (Lipinski definition) is 1. The predicted octanol–water partition coefficient (Wildman–Crippen LogP) is 0.925. The normalized spacial score (nSPS) is 17.1. The largest absolute Gasteiger partial charge is 0.381 e. The first-order valence-electron chi connectivity index (χ1n) is 7.43. The Morgan fingerprint density at radius 3 is 2.91 bits per heavy atom. The smallest absolute Gasteiger partial charge is 0.200 e. The Bertz CT molecular complexity index is 846. The van der Waals surface area contributed by atoms with Crippen LogP contribution >= 0.6 is 0 Å². The van der Waals surface area contributed by atoms with Crippen LogP contribution in [0.15, 0.2) is 6.33 Å². The van der Waals surface area contributed by atoms with Gasteiger partial charge in [0.15, 0.2) is 0 Å². The molecule has 0 bridgehead atoms. The maximum Gasteiger partial charge on any atom is 0.200 e. The van der Waals surface area contributed by atoms with Crippen molar-refractivity contribution in [2.45, 2.75) is 33.7 Å². The fraction of sp³-hybridized carbons (Fsp3) is 0.500. The van der Waals surface area contributed by atoms with Crippen LogP contribution in [-0.2, 0) is 13.0 Å². The minimum atomic E-state index is 0.514. The van der Waals surface area contributed by atoms with E-state index in [0.717, 1.165) is 53.8 Å². The van der Waals surface area contributed by atoms with Crippen LogP contribution in [0.3, 0.4) is 0 Å².